The molecule has 0 saturated heterocycles. The molecule has 1 aliphatic carbocycles. The zero-order valence-corrected chi connectivity index (χ0v) is 12.1. The number of carbonyl (C=O) groups excluding carboxylic acids is 1. The molecule has 20 heavy (non-hydrogen) atoms. The third-order valence-corrected chi connectivity index (χ3v) is 4.89. The van der Waals surface area contributed by atoms with E-state index in [1.54, 1.807) is 11.3 Å². The number of hydrogen-bond donors (Lipinski definition) is 2. The second kappa shape index (κ2) is 5.38. The quantitative estimate of drug-likeness (QED) is 0.906. The van der Waals surface area contributed by atoms with Gasteiger partial charge in [-0.3, -0.25) is 4.79 Å². The number of benzene rings is 1. The van der Waals surface area contributed by atoms with Crippen molar-refractivity contribution in [3.63, 3.8) is 0 Å². The summed E-state index contributed by atoms with van der Waals surface area (Å²) in [6.07, 6.45) is 0.937. The van der Waals surface area contributed by atoms with Gasteiger partial charge >= 0.3 is 0 Å². The van der Waals surface area contributed by atoms with E-state index >= 15 is 0 Å². The van der Waals surface area contributed by atoms with E-state index in [2.05, 4.69) is 23.7 Å². The number of anilines is 1. The van der Waals surface area contributed by atoms with Gasteiger partial charge < -0.3 is 10.4 Å². The molecule has 3 rings (SSSR count). The van der Waals surface area contributed by atoms with Crippen LogP contribution in [0.25, 0.3) is 0 Å². The van der Waals surface area contributed by atoms with Crippen molar-refractivity contribution in [1.82, 2.24) is 0 Å². The molecule has 0 aliphatic heterocycles. The molecule has 0 radical (unpaired) electrons. The predicted molar refractivity (Wildman–Crippen MR) is 80.9 cm³/mol. The lowest BCUT2D eigenvalue weighted by Gasteiger charge is -2.06. The number of aliphatic hydroxyl groups is 1. The van der Waals surface area contributed by atoms with Crippen molar-refractivity contribution in [3.05, 3.63) is 51.7 Å². The summed E-state index contributed by atoms with van der Waals surface area (Å²) in [5, 5.41) is 14.1. The Morgan fingerprint density at radius 1 is 1.45 bits per heavy atom. The van der Waals surface area contributed by atoms with E-state index in [-0.39, 0.29) is 18.4 Å². The maximum atomic E-state index is 12.2. The number of thiophene rings is 1. The maximum Gasteiger partial charge on any atom is 0.228 e. The second-order valence-electron chi connectivity index (χ2n) is 5.26. The number of aryl methyl sites for hydroxylation is 1. The Morgan fingerprint density at radius 3 is 3.00 bits per heavy atom. The van der Waals surface area contributed by atoms with Gasteiger partial charge in [0.25, 0.3) is 0 Å². The highest BCUT2D eigenvalue weighted by Crippen LogP contribution is 2.50. The van der Waals surface area contributed by atoms with Crippen molar-refractivity contribution in [3.8, 4) is 0 Å². The van der Waals surface area contributed by atoms with Crippen LogP contribution in [0.5, 0.6) is 0 Å². The number of nitrogens with one attached hydrogen (secondary N) is 1. The van der Waals surface area contributed by atoms with Crippen LogP contribution in [0.2, 0.25) is 0 Å². The topological polar surface area (TPSA) is 49.3 Å². The first kappa shape index (κ1) is 13.3. The van der Waals surface area contributed by atoms with Crippen molar-refractivity contribution in [2.75, 3.05) is 5.32 Å². The molecule has 104 valence electrons. The standard InChI is InChI=1S/C16H17NO2S/c1-10-5-6-20-15(10)13-8-14(13)16(19)17-12-4-2-3-11(7-12)9-18/h2-7,13-14,18H,8-9H2,1H3,(H,17,19). The summed E-state index contributed by atoms with van der Waals surface area (Å²) >= 11 is 1.74. The summed E-state index contributed by atoms with van der Waals surface area (Å²) in [7, 11) is 0. The van der Waals surface area contributed by atoms with E-state index in [0.717, 1.165) is 17.7 Å². The van der Waals surface area contributed by atoms with Crippen molar-refractivity contribution in [2.24, 2.45) is 5.92 Å². The molecule has 2 N–H and O–H groups in total. The summed E-state index contributed by atoms with van der Waals surface area (Å²) < 4.78 is 0. The summed E-state index contributed by atoms with van der Waals surface area (Å²) in [5.74, 6) is 0.555. The molecule has 4 heteroatoms. The van der Waals surface area contributed by atoms with Gasteiger partial charge in [0, 0.05) is 22.4 Å². The smallest absolute Gasteiger partial charge is 0.228 e. The molecule has 1 aromatic carbocycles. The molecule has 2 unspecified atom stereocenters. The molecule has 2 aromatic rings. The van der Waals surface area contributed by atoms with Gasteiger partial charge in [-0.2, -0.15) is 0 Å². The van der Waals surface area contributed by atoms with Crippen molar-refractivity contribution in [1.29, 1.82) is 0 Å². The predicted octanol–water partition coefficient (Wildman–Crippen LogP) is 3.29. The summed E-state index contributed by atoms with van der Waals surface area (Å²) in [4.78, 5) is 13.6. The number of amides is 1. The highest BCUT2D eigenvalue weighted by Gasteiger charge is 2.45. The van der Waals surface area contributed by atoms with E-state index < -0.39 is 0 Å². The van der Waals surface area contributed by atoms with E-state index in [1.807, 2.05) is 24.3 Å². The maximum absolute atomic E-state index is 12.2. The highest BCUT2D eigenvalue weighted by molar-refractivity contribution is 7.10. The van der Waals surface area contributed by atoms with Crippen LogP contribution in [0, 0.1) is 12.8 Å². The number of hydrogen-bond acceptors (Lipinski definition) is 3. The zero-order valence-electron chi connectivity index (χ0n) is 11.3. The minimum Gasteiger partial charge on any atom is -0.392 e. The Labute approximate surface area is 122 Å². The molecule has 1 amide bonds. The van der Waals surface area contributed by atoms with Crippen molar-refractivity contribution >= 4 is 22.9 Å². The molecule has 3 nitrogen and oxygen atoms in total. The van der Waals surface area contributed by atoms with E-state index in [1.165, 1.54) is 10.4 Å². The fourth-order valence-electron chi connectivity index (χ4n) is 2.52. The van der Waals surface area contributed by atoms with Gasteiger partial charge in [0.05, 0.1) is 6.61 Å². The molecular weight excluding hydrogens is 270 g/mol. The zero-order chi connectivity index (χ0) is 14.1. The van der Waals surface area contributed by atoms with E-state index in [4.69, 9.17) is 5.11 Å². The molecule has 1 aromatic heterocycles. The molecule has 1 aliphatic rings. The lowest BCUT2D eigenvalue weighted by atomic mass is 10.2. The van der Waals surface area contributed by atoms with E-state index in [0.29, 0.717) is 5.92 Å². The van der Waals surface area contributed by atoms with Crippen LogP contribution in [0.4, 0.5) is 5.69 Å². The van der Waals surface area contributed by atoms with Gasteiger partial charge in [0.15, 0.2) is 0 Å². The summed E-state index contributed by atoms with van der Waals surface area (Å²) in [6, 6.07) is 9.45. The summed E-state index contributed by atoms with van der Waals surface area (Å²) in [6.45, 7) is 2.09. The van der Waals surface area contributed by atoms with Gasteiger partial charge in [0.2, 0.25) is 5.91 Å². The first-order valence-electron chi connectivity index (χ1n) is 6.73. The van der Waals surface area contributed by atoms with Crippen LogP contribution in [-0.4, -0.2) is 11.0 Å². The number of carbonyl (C=O) groups is 1. The Kier molecular flexibility index (Phi) is 3.59. The van der Waals surface area contributed by atoms with Crippen LogP contribution >= 0.6 is 11.3 Å². The fourth-order valence-corrected chi connectivity index (χ4v) is 3.63. The van der Waals surface area contributed by atoms with Crippen molar-refractivity contribution in [2.45, 2.75) is 25.9 Å². The third kappa shape index (κ3) is 2.62. The van der Waals surface area contributed by atoms with Gasteiger partial charge in [-0.1, -0.05) is 12.1 Å². The average Bonchev–Trinajstić information content (AvgIpc) is 3.14. The molecule has 0 bridgehead atoms. The first-order valence-corrected chi connectivity index (χ1v) is 7.61. The van der Waals surface area contributed by atoms with Gasteiger partial charge in [0.1, 0.15) is 0 Å². The average molecular weight is 287 g/mol. The molecule has 2 atom stereocenters. The minimum atomic E-state index is -0.00977. The number of rotatable bonds is 4. The van der Waals surface area contributed by atoms with Crippen molar-refractivity contribution < 1.29 is 9.90 Å². The van der Waals surface area contributed by atoms with Gasteiger partial charge in [-0.25, -0.2) is 0 Å². The second-order valence-corrected chi connectivity index (χ2v) is 6.21. The van der Waals surface area contributed by atoms with Crippen LogP contribution in [0.1, 0.15) is 28.3 Å². The molecule has 1 heterocycles. The lowest BCUT2D eigenvalue weighted by Crippen LogP contribution is -2.14. The Morgan fingerprint density at radius 2 is 2.30 bits per heavy atom. The Bertz CT molecular complexity index is 635. The molecular formula is C16H17NO2S. The first-order chi connectivity index (χ1) is 9.69. The molecule has 1 saturated carbocycles. The number of aliphatic hydroxyl groups excluding tert-OH is 1. The minimum absolute atomic E-state index is 0.00977. The molecule has 0 spiro atoms. The third-order valence-electron chi connectivity index (χ3n) is 3.74. The van der Waals surface area contributed by atoms with E-state index in [9.17, 15) is 4.79 Å². The largest absolute Gasteiger partial charge is 0.392 e. The van der Waals surface area contributed by atoms with Crippen LogP contribution in [0.3, 0.4) is 0 Å². The van der Waals surface area contributed by atoms with Gasteiger partial charge in [-0.05, 0) is 48.1 Å². The highest BCUT2D eigenvalue weighted by atomic mass is 32.1. The molecule has 1 fully saturated rings. The Hall–Kier alpha value is -1.65. The van der Waals surface area contributed by atoms with Crippen LogP contribution < -0.4 is 5.32 Å². The lowest BCUT2D eigenvalue weighted by molar-refractivity contribution is -0.117. The summed E-state index contributed by atoms with van der Waals surface area (Å²) in [5.41, 5.74) is 2.86. The Balaban J connectivity index is 1.65. The monoisotopic (exact) mass is 287 g/mol. The SMILES string of the molecule is Cc1ccsc1C1CC1C(=O)Nc1cccc(CO)c1. The van der Waals surface area contributed by atoms with Crippen LogP contribution in [0.15, 0.2) is 35.7 Å². The fraction of sp³-hybridized carbons (Fsp3) is 0.312. The van der Waals surface area contributed by atoms with Gasteiger partial charge in [-0.15, -0.1) is 11.3 Å². The normalized spacial score (nSPS) is 20.7. The van der Waals surface area contributed by atoms with Crippen LogP contribution in [-0.2, 0) is 11.4 Å².